The smallest absolute Gasteiger partial charge is 0.254 e. The first-order valence-electron chi connectivity index (χ1n) is 6.90. The van der Waals surface area contributed by atoms with E-state index in [4.69, 9.17) is 0 Å². The van der Waals surface area contributed by atoms with Gasteiger partial charge in [-0.05, 0) is 43.9 Å². The van der Waals surface area contributed by atoms with Crippen LogP contribution in [0.3, 0.4) is 0 Å². The Bertz CT molecular complexity index is 511. The molecule has 1 aliphatic heterocycles. The Hall–Kier alpha value is -1.91. The number of carbonyl (C=O) groups is 2. The van der Waals surface area contributed by atoms with Crippen molar-refractivity contribution >= 4 is 11.8 Å². The number of hydrogen-bond donors (Lipinski definition) is 1. The van der Waals surface area contributed by atoms with Gasteiger partial charge in [-0.1, -0.05) is 6.07 Å². The van der Waals surface area contributed by atoms with Crippen molar-refractivity contribution in [3.05, 3.63) is 35.1 Å². The lowest BCUT2D eigenvalue weighted by Gasteiger charge is -2.26. The van der Waals surface area contributed by atoms with Crippen LogP contribution in [0, 0.1) is 12.7 Å². The molecule has 1 fully saturated rings. The fourth-order valence-corrected chi connectivity index (χ4v) is 2.31. The number of hydrogen-bond acceptors (Lipinski definition) is 2. The molecule has 0 unspecified atom stereocenters. The van der Waals surface area contributed by atoms with E-state index in [-0.39, 0.29) is 18.0 Å². The molecule has 1 aromatic carbocycles. The molecule has 1 aliphatic rings. The Morgan fingerprint density at radius 1 is 1.25 bits per heavy atom. The normalized spacial score (nSPS) is 15.0. The van der Waals surface area contributed by atoms with Crippen molar-refractivity contribution in [3.8, 4) is 0 Å². The zero-order valence-electron chi connectivity index (χ0n) is 11.6. The van der Waals surface area contributed by atoms with Crippen molar-refractivity contribution in [3.63, 3.8) is 0 Å². The molecule has 1 heterocycles. The molecule has 1 N–H and O–H groups in total. The number of aryl methyl sites for hydroxylation is 1. The van der Waals surface area contributed by atoms with E-state index in [2.05, 4.69) is 5.32 Å². The number of rotatable bonds is 3. The molecule has 0 spiro atoms. The molecule has 1 aromatic rings. The maximum Gasteiger partial charge on any atom is 0.254 e. The number of nitrogens with zero attached hydrogens (tertiary/aromatic N) is 1. The van der Waals surface area contributed by atoms with Crippen LogP contribution in [-0.2, 0) is 4.79 Å². The Morgan fingerprint density at radius 2 is 1.95 bits per heavy atom. The summed E-state index contributed by atoms with van der Waals surface area (Å²) in [5.41, 5.74) is 0.727. The van der Waals surface area contributed by atoms with Crippen molar-refractivity contribution in [2.45, 2.75) is 26.2 Å². The van der Waals surface area contributed by atoms with Gasteiger partial charge in [0.15, 0.2) is 0 Å². The summed E-state index contributed by atoms with van der Waals surface area (Å²) in [4.78, 5) is 25.5. The molecular weight excluding hydrogens is 259 g/mol. The molecule has 108 valence electrons. The standard InChI is InChI=1S/C15H19FN2O2/c1-11-5-6-12(13(16)9-11)15(20)17-10-14(19)18-7-3-2-4-8-18/h5-6,9H,2-4,7-8,10H2,1H3,(H,17,20). The Morgan fingerprint density at radius 3 is 2.60 bits per heavy atom. The molecule has 4 nitrogen and oxygen atoms in total. The number of piperidine rings is 1. The topological polar surface area (TPSA) is 49.4 Å². The maximum atomic E-state index is 13.6. The molecule has 5 heteroatoms. The van der Waals surface area contributed by atoms with Gasteiger partial charge in [0.1, 0.15) is 5.82 Å². The fraction of sp³-hybridized carbons (Fsp3) is 0.467. The summed E-state index contributed by atoms with van der Waals surface area (Å²) in [6.07, 6.45) is 3.16. The third kappa shape index (κ3) is 3.56. The summed E-state index contributed by atoms with van der Waals surface area (Å²) in [5.74, 6) is -1.22. The first-order valence-corrected chi connectivity index (χ1v) is 6.90. The number of amides is 2. The Labute approximate surface area is 118 Å². The van der Waals surface area contributed by atoms with Crippen LogP contribution in [0.5, 0.6) is 0 Å². The van der Waals surface area contributed by atoms with Crippen LogP contribution in [0.25, 0.3) is 0 Å². The number of likely N-dealkylation sites (tertiary alicyclic amines) is 1. The minimum absolute atomic E-state index is 0.0259. The van der Waals surface area contributed by atoms with Crippen molar-refractivity contribution in [2.75, 3.05) is 19.6 Å². The second kappa shape index (κ2) is 6.50. The van der Waals surface area contributed by atoms with Gasteiger partial charge in [0.05, 0.1) is 12.1 Å². The molecule has 0 bridgehead atoms. The summed E-state index contributed by atoms with van der Waals surface area (Å²) in [5, 5.41) is 2.49. The third-order valence-electron chi connectivity index (χ3n) is 3.48. The van der Waals surface area contributed by atoms with E-state index in [0.717, 1.165) is 37.9 Å². The molecule has 0 radical (unpaired) electrons. The highest BCUT2D eigenvalue weighted by Crippen LogP contribution is 2.10. The highest BCUT2D eigenvalue weighted by Gasteiger charge is 2.18. The highest BCUT2D eigenvalue weighted by atomic mass is 19.1. The Kier molecular flexibility index (Phi) is 4.71. The zero-order chi connectivity index (χ0) is 14.5. The first kappa shape index (κ1) is 14.5. The van der Waals surface area contributed by atoms with Crippen LogP contribution in [0.1, 0.15) is 35.2 Å². The van der Waals surface area contributed by atoms with Gasteiger partial charge in [-0.25, -0.2) is 4.39 Å². The van der Waals surface area contributed by atoms with Gasteiger partial charge < -0.3 is 10.2 Å². The average Bonchev–Trinajstić information content (AvgIpc) is 2.45. The summed E-state index contributed by atoms with van der Waals surface area (Å²) in [7, 11) is 0. The fourth-order valence-electron chi connectivity index (χ4n) is 2.31. The molecule has 0 aromatic heterocycles. The van der Waals surface area contributed by atoms with Crippen molar-refractivity contribution in [1.82, 2.24) is 10.2 Å². The monoisotopic (exact) mass is 278 g/mol. The number of halogens is 1. The van der Waals surface area contributed by atoms with Gasteiger partial charge in [-0.15, -0.1) is 0 Å². The van der Waals surface area contributed by atoms with Crippen LogP contribution in [0.2, 0.25) is 0 Å². The van der Waals surface area contributed by atoms with Gasteiger partial charge >= 0.3 is 0 Å². The first-order chi connectivity index (χ1) is 9.58. The van der Waals surface area contributed by atoms with E-state index in [1.54, 1.807) is 17.9 Å². The van der Waals surface area contributed by atoms with E-state index in [1.165, 1.54) is 12.1 Å². The van der Waals surface area contributed by atoms with Gasteiger partial charge in [-0.2, -0.15) is 0 Å². The predicted octanol–water partition coefficient (Wildman–Crippen LogP) is 1.88. The lowest BCUT2D eigenvalue weighted by molar-refractivity contribution is -0.130. The largest absolute Gasteiger partial charge is 0.343 e. The summed E-state index contributed by atoms with van der Waals surface area (Å²) in [6.45, 7) is 3.16. The van der Waals surface area contributed by atoms with Crippen LogP contribution in [-0.4, -0.2) is 36.3 Å². The predicted molar refractivity (Wildman–Crippen MR) is 73.9 cm³/mol. The van der Waals surface area contributed by atoms with Crippen LogP contribution in [0.4, 0.5) is 4.39 Å². The van der Waals surface area contributed by atoms with Crippen molar-refractivity contribution in [1.29, 1.82) is 0 Å². The van der Waals surface area contributed by atoms with Gasteiger partial charge in [0.2, 0.25) is 5.91 Å². The van der Waals surface area contributed by atoms with E-state index >= 15 is 0 Å². The van der Waals surface area contributed by atoms with Gasteiger partial charge in [0, 0.05) is 13.1 Å². The molecule has 2 rings (SSSR count). The molecule has 2 amide bonds. The van der Waals surface area contributed by atoms with E-state index in [0.29, 0.717) is 0 Å². The second-order valence-corrected chi connectivity index (χ2v) is 5.11. The van der Waals surface area contributed by atoms with Gasteiger partial charge in [0.25, 0.3) is 5.91 Å². The molecule has 20 heavy (non-hydrogen) atoms. The third-order valence-corrected chi connectivity index (χ3v) is 3.48. The molecular formula is C15H19FN2O2. The van der Waals surface area contributed by atoms with Crippen LogP contribution in [0.15, 0.2) is 18.2 Å². The average molecular weight is 278 g/mol. The van der Waals surface area contributed by atoms with Gasteiger partial charge in [-0.3, -0.25) is 9.59 Å². The lowest BCUT2D eigenvalue weighted by atomic mass is 10.1. The molecule has 1 saturated heterocycles. The summed E-state index contributed by atoms with van der Waals surface area (Å²) >= 11 is 0. The molecule has 0 aliphatic carbocycles. The maximum absolute atomic E-state index is 13.6. The Balaban J connectivity index is 1.89. The lowest BCUT2D eigenvalue weighted by Crippen LogP contribution is -2.42. The molecule has 0 saturated carbocycles. The van der Waals surface area contributed by atoms with Crippen LogP contribution >= 0.6 is 0 Å². The zero-order valence-corrected chi connectivity index (χ0v) is 11.6. The minimum atomic E-state index is -0.562. The summed E-state index contributed by atoms with van der Waals surface area (Å²) < 4.78 is 13.6. The number of benzene rings is 1. The van der Waals surface area contributed by atoms with Crippen molar-refractivity contribution < 1.29 is 14.0 Å². The van der Waals surface area contributed by atoms with Crippen LogP contribution < -0.4 is 5.32 Å². The van der Waals surface area contributed by atoms with E-state index in [1.807, 2.05) is 0 Å². The second-order valence-electron chi connectivity index (χ2n) is 5.11. The van der Waals surface area contributed by atoms with E-state index < -0.39 is 11.7 Å². The number of nitrogens with one attached hydrogen (secondary N) is 1. The minimum Gasteiger partial charge on any atom is -0.343 e. The number of carbonyl (C=O) groups excluding carboxylic acids is 2. The van der Waals surface area contributed by atoms with E-state index in [9.17, 15) is 14.0 Å². The highest BCUT2D eigenvalue weighted by molar-refractivity contribution is 5.96. The molecule has 0 atom stereocenters. The SMILES string of the molecule is Cc1ccc(C(=O)NCC(=O)N2CCCCC2)c(F)c1. The summed E-state index contributed by atoms with van der Waals surface area (Å²) in [6, 6.07) is 4.41. The quantitative estimate of drug-likeness (QED) is 0.917. The van der Waals surface area contributed by atoms with Crippen molar-refractivity contribution in [2.24, 2.45) is 0 Å².